The molecule has 0 saturated carbocycles. The predicted molar refractivity (Wildman–Crippen MR) is 149 cm³/mol. The number of nitrogens with one attached hydrogen (secondary N) is 1. The Morgan fingerprint density at radius 3 is 2.66 bits per heavy atom. The average Bonchev–Trinajstić information content (AvgIpc) is 3.58. The Balaban J connectivity index is 1.37. The molecule has 1 aliphatic heterocycles. The molecule has 6 rings (SSSR count). The summed E-state index contributed by atoms with van der Waals surface area (Å²) in [5, 5.41) is 14.7. The van der Waals surface area contributed by atoms with Crippen LogP contribution < -0.4 is 10.5 Å². The molecule has 1 atom stereocenters. The van der Waals surface area contributed by atoms with Crippen molar-refractivity contribution in [2.75, 3.05) is 44.8 Å². The van der Waals surface area contributed by atoms with Gasteiger partial charge in [0.05, 0.1) is 28.9 Å². The number of thiazole rings is 1. The van der Waals surface area contributed by atoms with Gasteiger partial charge in [-0.2, -0.15) is 0 Å². The van der Waals surface area contributed by atoms with E-state index in [1.54, 1.807) is 23.1 Å². The molecule has 1 aliphatic rings. The first-order chi connectivity index (χ1) is 18.5. The van der Waals surface area contributed by atoms with Crippen molar-refractivity contribution in [3.05, 3.63) is 75.3 Å². The molecule has 10 nitrogen and oxygen atoms in total. The lowest BCUT2D eigenvalue weighted by Gasteiger charge is -2.38. The van der Waals surface area contributed by atoms with E-state index in [0.29, 0.717) is 24.5 Å². The lowest BCUT2D eigenvalue weighted by Crippen LogP contribution is -2.49. The number of piperazine rings is 1. The Hall–Kier alpha value is -3.67. The highest BCUT2D eigenvalue weighted by atomic mass is 32.1. The van der Waals surface area contributed by atoms with Crippen molar-refractivity contribution in [3.8, 4) is 0 Å². The zero-order valence-corrected chi connectivity index (χ0v) is 22.5. The van der Waals surface area contributed by atoms with E-state index in [1.165, 1.54) is 4.70 Å². The molecule has 0 bridgehead atoms. The number of rotatable bonds is 7. The average molecular weight is 531 g/mol. The number of methoxy groups -OCH3 is 1. The van der Waals surface area contributed by atoms with Gasteiger partial charge in [-0.25, -0.2) is 9.67 Å². The number of benzene rings is 2. The first-order valence-corrected chi connectivity index (χ1v) is 13.6. The van der Waals surface area contributed by atoms with Gasteiger partial charge in [0, 0.05) is 44.2 Å². The Labute approximate surface area is 223 Å². The highest BCUT2D eigenvalue weighted by molar-refractivity contribution is 7.22. The molecule has 0 radical (unpaired) electrons. The fourth-order valence-electron chi connectivity index (χ4n) is 5.20. The first-order valence-electron chi connectivity index (χ1n) is 12.8. The first kappa shape index (κ1) is 24.7. The summed E-state index contributed by atoms with van der Waals surface area (Å²) >= 11 is 1.72. The molecule has 0 unspecified atom stereocenters. The third-order valence-corrected chi connectivity index (χ3v) is 8.41. The number of pyridine rings is 1. The van der Waals surface area contributed by atoms with Gasteiger partial charge in [-0.3, -0.25) is 9.69 Å². The number of hydrogen-bond acceptors (Lipinski definition) is 9. The van der Waals surface area contributed by atoms with Crippen LogP contribution in [-0.2, 0) is 11.3 Å². The van der Waals surface area contributed by atoms with Gasteiger partial charge >= 0.3 is 0 Å². The number of aromatic nitrogens is 6. The lowest BCUT2D eigenvalue weighted by atomic mass is 9.99. The maximum absolute atomic E-state index is 13.6. The summed E-state index contributed by atoms with van der Waals surface area (Å²) < 4.78 is 8.23. The third kappa shape index (κ3) is 4.46. The number of fused-ring (bicyclic) bond motifs is 2. The molecule has 196 valence electrons. The molecule has 5 aromatic rings. The van der Waals surface area contributed by atoms with Crippen molar-refractivity contribution in [1.82, 2.24) is 35.1 Å². The van der Waals surface area contributed by atoms with E-state index in [9.17, 15) is 4.79 Å². The zero-order valence-electron chi connectivity index (χ0n) is 21.7. The van der Waals surface area contributed by atoms with E-state index in [4.69, 9.17) is 9.72 Å². The minimum absolute atomic E-state index is 0.119. The molecule has 1 N–H and O–H groups in total. The Morgan fingerprint density at radius 2 is 1.87 bits per heavy atom. The molecule has 0 aliphatic carbocycles. The van der Waals surface area contributed by atoms with Crippen LogP contribution in [0.3, 0.4) is 0 Å². The van der Waals surface area contributed by atoms with Crippen LogP contribution in [-0.4, -0.2) is 75.0 Å². The van der Waals surface area contributed by atoms with Crippen LogP contribution in [0.4, 0.5) is 5.13 Å². The fraction of sp³-hybridized carbons (Fsp3) is 0.370. The molecule has 11 heteroatoms. The van der Waals surface area contributed by atoms with Crippen LogP contribution in [0.2, 0.25) is 0 Å². The van der Waals surface area contributed by atoms with E-state index >= 15 is 0 Å². The number of hydrogen-bond donors (Lipinski definition) is 1. The van der Waals surface area contributed by atoms with Crippen LogP contribution in [0.1, 0.15) is 28.6 Å². The second-order valence-corrected chi connectivity index (χ2v) is 10.7. The molecule has 1 fully saturated rings. The van der Waals surface area contributed by atoms with E-state index in [2.05, 4.69) is 55.4 Å². The monoisotopic (exact) mass is 530 g/mol. The SMILES string of the molecule is COCCn1nnnc1[C@@H](c1cc2c(C)ccc(C)c2[nH]c1=O)N1CCN(c2nc3ccccc3s2)CC1. The van der Waals surface area contributed by atoms with Crippen molar-refractivity contribution in [3.63, 3.8) is 0 Å². The van der Waals surface area contributed by atoms with Crippen LogP contribution >= 0.6 is 11.3 Å². The lowest BCUT2D eigenvalue weighted by molar-refractivity contribution is 0.171. The standard InChI is InChI=1S/C27H30N8O2S/c1-17-8-9-18(2)23-19(17)16-20(26(36)29-23)24(25-30-31-32-35(25)14-15-37-3)33-10-12-34(13-11-33)27-28-21-6-4-5-7-22(21)38-27/h4-9,16,24H,10-15H2,1-3H3,(H,29,36)/t24-/m1/s1. The van der Waals surface area contributed by atoms with Crippen molar-refractivity contribution < 1.29 is 4.74 Å². The summed E-state index contributed by atoms with van der Waals surface area (Å²) in [6.07, 6.45) is 0. The molecule has 0 amide bonds. The minimum Gasteiger partial charge on any atom is -0.383 e. The largest absolute Gasteiger partial charge is 0.383 e. The van der Waals surface area contributed by atoms with E-state index < -0.39 is 6.04 Å². The van der Waals surface area contributed by atoms with Gasteiger partial charge in [0.1, 0.15) is 6.04 Å². The zero-order chi connectivity index (χ0) is 26.2. The van der Waals surface area contributed by atoms with Gasteiger partial charge in [0.15, 0.2) is 11.0 Å². The number of H-pyrrole nitrogens is 1. The van der Waals surface area contributed by atoms with Gasteiger partial charge < -0.3 is 14.6 Å². The fourth-order valence-corrected chi connectivity index (χ4v) is 6.22. The van der Waals surface area contributed by atoms with Crippen LogP contribution in [0.5, 0.6) is 0 Å². The molecule has 4 heterocycles. The summed E-state index contributed by atoms with van der Waals surface area (Å²) in [6.45, 7) is 8.12. The molecule has 38 heavy (non-hydrogen) atoms. The van der Waals surface area contributed by atoms with Gasteiger partial charge in [-0.15, -0.1) is 5.10 Å². The number of ether oxygens (including phenoxy) is 1. The van der Waals surface area contributed by atoms with Crippen molar-refractivity contribution in [1.29, 1.82) is 0 Å². The van der Waals surface area contributed by atoms with Gasteiger partial charge in [0.25, 0.3) is 5.56 Å². The smallest absolute Gasteiger partial charge is 0.253 e. The summed E-state index contributed by atoms with van der Waals surface area (Å²) in [6, 6.07) is 14.0. The Bertz CT molecular complexity index is 1620. The predicted octanol–water partition coefficient (Wildman–Crippen LogP) is 3.30. The molecule has 3 aromatic heterocycles. The van der Waals surface area contributed by atoms with Crippen LogP contribution in [0, 0.1) is 13.8 Å². The third-order valence-electron chi connectivity index (χ3n) is 7.31. The number of aryl methyl sites for hydroxylation is 2. The summed E-state index contributed by atoms with van der Waals surface area (Å²) in [7, 11) is 1.65. The highest BCUT2D eigenvalue weighted by Crippen LogP contribution is 2.32. The maximum atomic E-state index is 13.6. The Morgan fingerprint density at radius 1 is 1.08 bits per heavy atom. The molecular formula is C27H30N8O2S. The minimum atomic E-state index is -0.396. The number of aromatic amines is 1. The van der Waals surface area contributed by atoms with E-state index in [1.807, 2.05) is 31.2 Å². The topological polar surface area (TPSA) is 105 Å². The summed E-state index contributed by atoms with van der Waals surface area (Å²) in [4.78, 5) is 26.2. The molecule has 1 saturated heterocycles. The van der Waals surface area contributed by atoms with Gasteiger partial charge in [-0.1, -0.05) is 35.6 Å². The number of anilines is 1. The molecule has 2 aromatic carbocycles. The maximum Gasteiger partial charge on any atom is 0.253 e. The summed E-state index contributed by atoms with van der Waals surface area (Å²) in [5.41, 5.74) is 4.58. The molecular weight excluding hydrogens is 500 g/mol. The van der Waals surface area contributed by atoms with Crippen LogP contribution in [0.15, 0.2) is 47.3 Å². The van der Waals surface area contributed by atoms with Gasteiger partial charge in [-0.05, 0) is 53.6 Å². The van der Waals surface area contributed by atoms with Crippen molar-refractivity contribution in [2.45, 2.75) is 26.4 Å². The van der Waals surface area contributed by atoms with Crippen molar-refractivity contribution in [2.24, 2.45) is 0 Å². The van der Waals surface area contributed by atoms with Crippen molar-refractivity contribution >= 4 is 37.6 Å². The van der Waals surface area contributed by atoms with E-state index in [-0.39, 0.29) is 5.56 Å². The number of tetrazole rings is 1. The molecule has 0 spiro atoms. The number of nitrogens with zero attached hydrogens (tertiary/aromatic N) is 7. The van der Waals surface area contributed by atoms with Crippen LogP contribution in [0.25, 0.3) is 21.1 Å². The second-order valence-electron chi connectivity index (χ2n) is 9.68. The highest BCUT2D eigenvalue weighted by Gasteiger charge is 2.33. The summed E-state index contributed by atoms with van der Waals surface area (Å²) in [5.74, 6) is 0.644. The Kier molecular flexibility index (Phi) is 6.64. The number of para-hydroxylation sites is 1. The van der Waals surface area contributed by atoms with E-state index in [0.717, 1.165) is 58.9 Å². The normalized spacial score (nSPS) is 15.5. The van der Waals surface area contributed by atoms with Gasteiger partial charge in [0.2, 0.25) is 0 Å². The quantitative estimate of drug-likeness (QED) is 0.342. The second kappa shape index (κ2) is 10.2.